The summed E-state index contributed by atoms with van der Waals surface area (Å²) >= 11 is 0. The average molecular weight is 248 g/mol. The van der Waals surface area contributed by atoms with E-state index in [1.807, 2.05) is 45.0 Å². The molecule has 0 aliphatic heterocycles. The second kappa shape index (κ2) is 7.54. The summed E-state index contributed by atoms with van der Waals surface area (Å²) in [5.41, 5.74) is 0.944. The third-order valence-corrected chi connectivity index (χ3v) is 2.11. The number of carbonyl (C=O) groups is 1. The first-order valence-electron chi connectivity index (χ1n) is 6.23. The van der Waals surface area contributed by atoms with Gasteiger partial charge in [-0.05, 0) is 44.0 Å². The number of ether oxygens (including phenoxy) is 2. The molecule has 1 aromatic rings. The molecule has 3 heteroatoms. The summed E-state index contributed by atoms with van der Waals surface area (Å²) in [6.45, 7) is 6.39. The third kappa shape index (κ3) is 5.53. The molecular formula is C15H20O3. The van der Waals surface area contributed by atoms with E-state index in [0.717, 1.165) is 17.7 Å². The Morgan fingerprint density at radius 3 is 2.50 bits per heavy atom. The largest absolute Gasteiger partial charge is 0.491 e. The van der Waals surface area contributed by atoms with E-state index in [0.29, 0.717) is 6.61 Å². The Labute approximate surface area is 108 Å². The molecule has 0 bridgehead atoms. The molecule has 0 saturated heterocycles. The van der Waals surface area contributed by atoms with Crippen molar-refractivity contribution in [1.29, 1.82) is 0 Å². The van der Waals surface area contributed by atoms with Gasteiger partial charge in [0.25, 0.3) is 0 Å². The quantitative estimate of drug-likeness (QED) is 0.571. The van der Waals surface area contributed by atoms with E-state index in [1.54, 1.807) is 6.08 Å². The highest BCUT2D eigenvalue weighted by molar-refractivity contribution is 5.87. The van der Waals surface area contributed by atoms with E-state index in [1.165, 1.54) is 6.08 Å². The van der Waals surface area contributed by atoms with Gasteiger partial charge in [0.05, 0.1) is 12.7 Å². The van der Waals surface area contributed by atoms with Crippen LogP contribution in [0.15, 0.2) is 30.3 Å². The van der Waals surface area contributed by atoms with Crippen molar-refractivity contribution < 1.29 is 14.3 Å². The molecule has 1 aromatic carbocycles. The number of esters is 1. The molecule has 0 aliphatic carbocycles. The Hall–Kier alpha value is -1.77. The number of hydrogen-bond donors (Lipinski definition) is 0. The van der Waals surface area contributed by atoms with Crippen LogP contribution in [0.3, 0.4) is 0 Å². The van der Waals surface area contributed by atoms with Gasteiger partial charge < -0.3 is 9.47 Å². The summed E-state index contributed by atoms with van der Waals surface area (Å²) in [4.78, 5) is 11.3. The van der Waals surface area contributed by atoms with E-state index in [9.17, 15) is 4.79 Å². The smallest absolute Gasteiger partial charge is 0.330 e. The highest BCUT2D eigenvalue weighted by atomic mass is 16.5. The van der Waals surface area contributed by atoms with Crippen LogP contribution in [0, 0.1) is 0 Å². The Kier molecular flexibility index (Phi) is 5.98. The topological polar surface area (TPSA) is 35.5 Å². The predicted octanol–water partition coefficient (Wildman–Crippen LogP) is 3.44. The van der Waals surface area contributed by atoms with Crippen molar-refractivity contribution in [1.82, 2.24) is 0 Å². The fourth-order valence-electron chi connectivity index (χ4n) is 1.34. The van der Waals surface area contributed by atoms with Gasteiger partial charge in [0.15, 0.2) is 0 Å². The molecule has 1 rings (SSSR count). The van der Waals surface area contributed by atoms with Crippen molar-refractivity contribution in [2.45, 2.75) is 33.3 Å². The zero-order valence-corrected chi connectivity index (χ0v) is 11.2. The van der Waals surface area contributed by atoms with E-state index in [2.05, 4.69) is 0 Å². The maximum absolute atomic E-state index is 11.3. The van der Waals surface area contributed by atoms with E-state index in [4.69, 9.17) is 9.47 Å². The van der Waals surface area contributed by atoms with Crippen LogP contribution in [0.4, 0.5) is 0 Å². The Morgan fingerprint density at radius 2 is 1.94 bits per heavy atom. The molecule has 0 fully saturated rings. The maximum Gasteiger partial charge on any atom is 0.330 e. The molecule has 98 valence electrons. The molecular weight excluding hydrogens is 228 g/mol. The fourth-order valence-corrected chi connectivity index (χ4v) is 1.34. The Balaban J connectivity index is 2.52. The van der Waals surface area contributed by atoms with Crippen LogP contribution < -0.4 is 4.74 Å². The van der Waals surface area contributed by atoms with Crippen LogP contribution in [-0.2, 0) is 9.53 Å². The molecule has 0 spiro atoms. The van der Waals surface area contributed by atoms with Crippen molar-refractivity contribution in [3.05, 3.63) is 35.9 Å². The lowest BCUT2D eigenvalue weighted by atomic mass is 10.2. The van der Waals surface area contributed by atoms with Crippen molar-refractivity contribution in [3.63, 3.8) is 0 Å². The number of rotatable bonds is 6. The second-order valence-corrected chi connectivity index (χ2v) is 4.24. The van der Waals surface area contributed by atoms with Crippen LogP contribution in [0.1, 0.15) is 32.8 Å². The van der Waals surface area contributed by atoms with Gasteiger partial charge in [-0.15, -0.1) is 0 Å². The summed E-state index contributed by atoms with van der Waals surface area (Å²) < 4.78 is 10.5. The maximum atomic E-state index is 11.3. The first-order chi connectivity index (χ1) is 8.61. The fraction of sp³-hybridized carbons (Fsp3) is 0.400. The van der Waals surface area contributed by atoms with Crippen molar-refractivity contribution in [2.24, 2.45) is 0 Å². The van der Waals surface area contributed by atoms with Crippen LogP contribution >= 0.6 is 0 Å². The lowest BCUT2D eigenvalue weighted by molar-refractivity contribution is -0.137. The number of carbonyl (C=O) groups excluding carboxylic acids is 1. The van der Waals surface area contributed by atoms with Gasteiger partial charge in [-0.2, -0.15) is 0 Å². The van der Waals surface area contributed by atoms with Gasteiger partial charge in [-0.1, -0.05) is 19.1 Å². The van der Waals surface area contributed by atoms with Crippen LogP contribution in [0.25, 0.3) is 6.08 Å². The molecule has 0 heterocycles. The number of hydrogen-bond acceptors (Lipinski definition) is 3. The molecule has 3 nitrogen and oxygen atoms in total. The zero-order chi connectivity index (χ0) is 13.4. The average Bonchev–Trinajstić information content (AvgIpc) is 2.35. The van der Waals surface area contributed by atoms with Crippen LogP contribution in [0.5, 0.6) is 5.75 Å². The molecule has 0 radical (unpaired) electrons. The van der Waals surface area contributed by atoms with Crippen LogP contribution in [0.2, 0.25) is 0 Å². The summed E-state index contributed by atoms with van der Waals surface area (Å²) in [5, 5.41) is 0. The predicted molar refractivity (Wildman–Crippen MR) is 72.5 cm³/mol. The molecule has 0 atom stereocenters. The first kappa shape index (κ1) is 14.3. The Bertz CT molecular complexity index is 391. The first-order valence-corrected chi connectivity index (χ1v) is 6.23. The van der Waals surface area contributed by atoms with Gasteiger partial charge in [0.2, 0.25) is 0 Å². The minimum absolute atomic E-state index is 0.162. The van der Waals surface area contributed by atoms with Gasteiger partial charge in [-0.3, -0.25) is 0 Å². The van der Waals surface area contributed by atoms with E-state index >= 15 is 0 Å². The summed E-state index contributed by atoms with van der Waals surface area (Å²) in [6, 6.07) is 7.58. The van der Waals surface area contributed by atoms with E-state index < -0.39 is 0 Å². The lowest BCUT2D eigenvalue weighted by Crippen LogP contribution is -2.05. The Morgan fingerprint density at radius 1 is 1.28 bits per heavy atom. The summed E-state index contributed by atoms with van der Waals surface area (Å²) in [7, 11) is 0. The summed E-state index contributed by atoms with van der Waals surface area (Å²) in [6.07, 6.45) is 4.17. The molecule has 0 aliphatic rings. The van der Waals surface area contributed by atoms with Crippen molar-refractivity contribution in [2.75, 3.05) is 6.61 Å². The highest BCUT2D eigenvalue weighted by Gasteiger charge is 1.98. The van der Waals surface area contributed by atoms with Gasteiger partial charge in [-0.25, -0.2) is 4.79 Å². The molecule has 0 amide bonds. The molecule has 18 heavy (non-hydrogen) atoms. The van der Waals surface area contributed by atoms with Gasteiger partial charge in [0, 0.05) is 6.08 Å². The standard InChI is InChI=1S/C15H20O3/c1-4-11-17-15(16)10-7-13-5-8-14(9-6-13)18-12(2)3/h5-10,12H,4,11H2,1-3H3/b10-7+. The van der Waals surface area contributed by atoms with Crippen molar-refractivity contribution >= 4 is 12.0 Å². The highest BCUT2D eigenvalue weighted by Crippen LogP contribution is 2.14. The lowest BCUT2D eigenvalue weighted by Gasteiger charge is -2.09. The van der Waals surface area contributed by atoms with Crippen molar-refractivity contribution in [3.8, 4) is 5.75 Å². The van der Waals surface area contributed by atoms with Gasteiger partial charge >= 0.3 is 5.97 Å². The monoisotopic (exact) mass is 248 g/mol. The van der Waals surface area contributed by atoms with E-state index in [-0.39, 0.29) is 12.1 Å². The SMILES string of the molecule is CCCOC(=O)/C=C/c1ccc(OC(C)C)cc1. The summed E-state index contributed by atoms with van der Waals surface area (Å²) in [5.74, 6) is 0.523. The zero-order valence-electron chi connectivity index (χ0n) is 11.2. The van der Waals surface area contributed by atoms with Crippen LogP contribution in [-0.4, -0.2) is 18.7 Å². The normalized spacial score (nSPS) is 10.9. The molecule has 0 N–H and O–H groups in total. The minimum atomic E-state index is -0.306. The molecule has 0 aromatic heterocycles. The minimum Gasteiger partial charge on any atom is -0.491 e. The molecule has 0 unspecified atom stereocenters. The third-order valence-electron chi connectivity index (χ3n) is 2.11. The molecule has 0 saturated carbocycles. The van der Waals surface area contributed by atoms with Gasteiger partial charge in [0.1, 0.15) is 5.75 Å². The number of benzene rings is 1. The second-order valence-electron chi connectivity index (χ2n) is 4.24.